The molecule has 0 saturated carbocycles. The second kappa shape index (κ2) is 8.26. The molecule has 0 aromatic heterocycles. The lowest BCUT2D eigenvalue weighted by Crippen LogP contribution is -2.48. The number of hydrogen-bond acceptors (Lipinski definition) is 5. The summed E-state index contributed by atoms with van der Waals surface area (Å²) in [4.78, 5) is 27.2. The van der Waals surface area contributed by atoms with Gasteiger partial charge in [0.25, 0.3) is 0 Å². The highest BCUT2D eigenvalue weighted by atomic mass is 32.2. The molecule has 3 aliphatic heterocycles. The number of carbonyl (C=O) groups is 2. The third kappa shape index (κ3) is 4.37. The number of piperidine rings is 2. The Morgan fingerprint density at radius 2 is 1.77 bits per heavy atom. The Hall–Kier alpha value is -2.00. The summed E-state index contributed by atoms with van der Waals surface area (Å²) in [6.07, 6.45) is 3.81. The van der Waals surface area contributed by atoms with E-state index in [0.29, 0.717) is 50.3 Å². The summed E-state index contributed by atoms with van der Waals surface area (Å²) >= 11 is 0. The van der Waals surface area contributed by atoms with Gasteiger partial charge in [-0.05, 0) is 49.8 Å². The average molecular weight is 439 g/mol. The fourth-order valence-corrected chi connectivity index (χ4v) is 5.64. The zero-order valence-corrected chi connectivity index (χ0v) is 17.9. The zero-order valence-electron chi connectivity index (χ0n) is 17.0. The van der Waals surface area contributed by atoms with Gasteiger partial charge >= 0.3 is 0 Å². The van der Waals surface area contributed by atoms with Gasteiger partial charge in [-0.15, -0.1) is 0 Å². The van der Waals surface area contributed by atoms with E-state index in [9.17, 15) is 22.4 Å². The van der Waals surface area contributed by atoms with E-state index in [0.717, 1.165) is 12.8 Å². The second-order valence-corrected chi connectivity index (χ2v) is 10.5. The molecule has 3 heterocycles. The molecule has 0 aliphatic carbocycles. The maximum absolute atomic E-state index is 13.4. The van der Waals surface area contributed by atoms with Gasteiger partial charge < -0.3 is 9.64 Å². The van der Waals surface area contributed by atoms with Crippen LogP contribution in [0.2, 0.25) is 0 Å². The van der Waals surface area contributed by atoms with Gasteiger partial charge in [0.05, 0.1) is 11.8 Å². The van der Waals surface area contributed by atoms with Crippen molar-refractivity contribution in [1.82, 2.24) is 9.21 Å². The number of nitrogens with zero attached hydrogens (tertiary/aromatic N) is 2. The summed E-state index contributed by atoms with van der Waals surface area (Å²) < 4.78 is 44.1. The standard InChI is InChI=1S/C21H27FN2O5S/c1-30(27,28)24-10-6-15(7-11-24)21(26)23-8-4-14(5-9-23)20-13-18(25)17-12-16(22)2-3-19(17)29-20/h2-3,12,14-15,20H,4-11,13H2,1H3. The Bertz CT molecular complexity index is 935. The number of ketones is 1. The normalized spacial score (nSPS) is 24.4. The number of halogens is 1. The van der Waals surface area contributed by atoms with E-state index in [1.165, 1.54) is 28.8 Å². The molecule has 0 bridgehead atoms. The Balaban J connectivity index is 1.31. The molecule has 7 nitrogen and oxygen atoms in total. The Labute approximate surface area is 176 Å². The van der Waals surface area contributed by atoms with Crippen LogP contribution in [0.1, 0.15) is 42.5 Å². The number of sulfonamides is 1. The lowest BCUT2D eigenvalue weighted by atomic mass is 9.85. The highest BCUT2D eigenvalue weighted by Gasteiger charge is 2.37. The third-order valence-corrected chi connectivity index (χ3v) is 7.86. The molecule has 4 rings (SSSR count). The van der Waals surface area contributed by atoms with Crippen molar-refractivity contribution in [3.63, 3.8) is 0 Å². The first-order valence-corrected chi connectivity index (χ1v) is 12.3. The molecular formula is C21H27FN2O5S. The van der Waals surface area contributed by atoms with Gasteiger partial charge in [0, 0.05) is 38.5 Å². The molecule has 1 atom stereocenters. The lowest BCUT2D eigenvalue weighted by molar-refractivity contribution is -0.138. The molecule has 1 amide bonds. The average Bonchev–Trinajstić information content (AvgIpc) is 2.73. The number of likely N-dealkylation sites (tertiary alicyclic amines) is 1. The maximum Gasteiger partial charge on any atom is 0.225 e. The van der Waals surface area contributed by atoms with Crippen molar-refractivity contribution in [3.8, 4) is 5.75 Å². The molecule has 2 saturated heterocycles. The molecule has 1 unspecified atom stereocenters. The maximum atomic E-state index is 13.4. The van der Waals surface area contributed by atoms with Crippen LogP contribution in [0.4, 0.5) is 4.39 Å². The summed E-state index contributed by atoms with van der Waals surface area (Å²) in [5, 5.41) is 0. The number of rotatable bonds is 3. The van der Waals surface area contributed by atoms with Crippen LogP contribution in [0.5, 0.6) is 5.75 Å². The highest BCUT2D eigenvalue weighted by Crippen LogP contribution is 2.34. The number of amides is 1. The van der Waals surface area contributed by atoms with Crippen LogP contribution >= 0.6 is 0 Å². The highest BCUT2D eigenvalue weighted by molar-refractivity contribution is 7.88. The minimum Gasteiger partial charge on any atom is -0.489 e. The van der Waals surface area contributed by atoms with Gasteiger partial charge in [0.2, 0.25) is 15.9 Å². The molecule has 1 aromatic carbocycles. The predicted molar refractivity (Wildman–Crippen MR) is 108 cm³/mol. The fourth-order valence-electron chi connectivity index (χ4n) is 4.77. The van der Waals surface area contributed by atoms with E-state index in [2.05, 4.69) is 0 Å². The number of hydrogen-bond donors (Lipinski definition) is 0. The van der Waals surface area contributed by atoms with Crippen LogP contribution in [0.3, 0.4) is 0 Å². The van der Waals surface area contributed by atoms with E-state index in [4.69, 9.17) is 4.74 Å². The van der Waals surface area contributed by atoms with E-state index in [-0.39, 0.29) is 36.1 Å². The minimum atomic E-state index is -3.20. The van der Waals surface area contributed by atoms with Crippen molar-refractivity contribution in [2.45, 2.75) is 38.2 Å². The van der Waals surface area contributed by atoms with Crippen LogP contribution in [0.15, 0.2) is 18.2 Å². The van der Waals surface area contributed by atoms with Crippen molar-refractivity contribution in [1.29, 1.82) is 0 Å². The van der Waals surface area contributed by atoms with E-state index in [1.807, 2.05) is 4.90 Å². The Morgan fingerprint density at radius 1 is 1.10 bits per heavy atom. The number of benzene rings is 1. The second-order valence-electron chi connectivity index (χ2n) is 8.52. The number of carbonyl (C=O) groups excluding carboxylic acids is 2. The molecule has 0 N–H and O–H groups in total. The van der Waals surface area contributed by atoms with Gasteiger partial charge in [-0.1, -0.05) is 0 Å². The Kier molecular flexibility index (Phi) is 5.85. The third-order valence-electron chi connectivity index (χ3n) is 6.56. The first-order chi connectivity index (χ1) is 14.2. The SMILES string of the molecule is CS(=O)(=O)N1CCC(C(=O)N2CCC(C3CC(=O)c4cc(F)ccc4O3)CC2)CC1. The van der Waals surface area contributed by atoms with Crippen molar-refractivity contribution < 1.29 is 27.1 Å². The summed E-state index contributed by atoms with van der Waals surface area (Å²) in [7, 11) is -3.20. The topological polar surface area (TPSA) is 84.0 Å². The van der Waals surface area contributed by atoms with Crippen LogP contribution < -0.4 is 4.74 Å². The smallest absolute Gasteiger partial charge is 0.225 e. The fraction of sp³-hybridized carbons (Fsp3) is 0.619. The summed E-state index contributed by atoms with van der Waals surface area (Å²) in [5.41, 5.74) is 0.305. The van der Waals surface area contributed by atoms with Crippen LogP contribution in [-0.4, -0.2) is 67.9 Å². The minimum absolute atomic E-state index is 0.100. The van der Waals surface area contributed by atoms with Gasteiger partial charge in [-0.2, -0.15) is 0 Å². The van der Waals surface area contributed by atoms with Crippen molar-refractivity contribution in [2.24, 2.45) is 11.8 Å². The summed E-state index contributed by atoms with van der Waals surface area (Å²) in [6.45, 7) is 2.01. The lowest BCUT2D eigenvalue weighted by Gasteiger charge is -2.39. The monoisotopic (exact) mass is 438 g/mol. The predicted octanol–water partition coefficient (Wildman–Crippen LogP) is 2.07. The van der Waals surface area contributed by atoms with Crippen LogP contribution in [0, 0.1) is 17.7 Å². The molecule has 164 valence electrons. The number of fused-ring (bicyclic) bond motifs is 1. The molecule has 2 fully saturated rings. The van der Waals surface area contributed by atoms with Crippen molar-refractivity contribution in [2.75, 3.05) is 32.4 Å². The largest absolute Gasteiger partial charge is 0.489 e. The van der Waals surface area contributed by atoms with Crippen molar-refractivity contribution >= 4 is 21.7 Å². The molecule has 9 heteroatoms. The molecule has 3 aliphatic rings. The van der Waals surface area contributed by atoms with Gasteiger partial charge in [-0.3, -0.25) is 9.59 Å². The number of ether oxygens (including phenoxy) is 1. The summed E-state index contributed by atoms with van der Waals surface area (Å²) in [5.74, 6) is 0.0317. The van der Waals surface area contributed by atoms with Crippen LogP contribution in [-0.2, 0) is 14.8 Å². The zero-order chi connectivity index (χ0) is 21.5. The first kappa shape index (κ1) is 21.2. The number of Topliss-reactive ketones (excluding diaryl/α,β-unsaturated/α-hetero) is 1. The van der Waals surface area contributed by atoms with E-state index >= 15 is 0 Å². The van der Waals surface area contributed by atoms with Gasteiger partial charge in [-0.25, -0.2) is 17.1 Å². The molecule has 1 aromatic rings. The van der Waals surface area contributed by atoms with E-state index in [1.54, 1.807) is 0 Å². The molecular weight excluding hydrogens is 411 g/mol. The Morgan fingerprint density at radius 3 is 2.40 bits per heavy atom. The van der Waals surface area contributed by atoms with Gasteiger partial charge in [0.1, 0.15) is 17.7 Å². The van der Waals surface area contributed by atoms with Crippen molar-refractivity contribution in [3.05, 3.63) is 29.6 Å². The van der Waals surface area contributed by atoms with E-state index < -0.39 is 15.8 Å². The quantitative estimate of drug-likeness (QED) is 0.721. The molecule has 0 radical (unpaired) electrons. The summed E-state index contributed by atoms with van der Waals surface area (Å²) in [6, 6.07) is 4.03. The van der Waals surface area contributed by atoms with Gasteiger partial charge in [0.15, 0.2) is 5.78 Å². The molecule has 30 heavy (non-hydrogen) atoms. The first-order valence-electron chi connectivity index (χ1n) is 10.5. The van der Waals surface area contributed by atoms with Crippen LogP contribution in [0.25, 0.3) is 0 Å². The molecule has 0 spiro atoms.